The van der Waals surface area contributed by atoms with Crippen LogP contribution in [-0.2, 0) is 0 Å². The monoisotopic (exact) mass is 258 g/mol. The first-order valence-electron chi connectivity index (χ1n) is 5.71. The highest BCUT2D eigenvalue weighted by Gasteiger charge is 2.29. The number of carbonyl (C=O) groups excluding carboxylic acids is 1. The molecule has 96 valence electrons. The molecule has 0 bridgehead atoms. The van der Waals surface area contributed by atoms with E-state index >= 15 is 0 Å². The Hall–Kier alpha value is -1.000. The minimum atomic E-state index is 0. The lowest BCUT2D eigenvalue weighted by atomic mass is 10.2. The number of likely N-dealkylation sites (tertiary alicyclic amines) is 1. The van der Waals surface area contributed by atoms with E-state index in [4.69, 9.17) is 10.2 Å². The number of aryl methyl sites for hydroxylation is 2. The number of nitrogens with two attached hydrogens (primary N) is 1. The van der Waals surface area contributed by atoms with Crippen molar-refractivity contribution in [2.24, 2.45) is 5.73 Å². The van der Waals surface area contributed by atoms with E-state index in [1.807, 2.05) is 24.8 Å². The fourth-order valence-electron chi connectivity index (χ4n) is 2.35. The maximum absolute atomic E-state index is 12.3. The third-order valence-electron chi connectivity index (χ3n) is 3.18. The molecule has 2 rings (SSSR count). The lowest BCUT2D eigenvalue weighted by molar-refractivity contribution is 0.0739. The number of hydrogen-bond acceptors (Lipinski definition) is 3. The number of hydrogen-bond donors (Lipinski definition) is 1. The normalized spacial score (nSPS) is 19.2. The Balaban J connectivity index is 0.00000144. The molecule has 0 aromatic carbocycles. The summed E-state index contributed by atoms with van der Waals surface area (Å²) >= 11 is 0. The average molecular weight is 259 g/mol. The van der Waals surface area contributed by atoms with Gasteiger partial charge in [-0.1, -0.05) is 0 Å². The van der Waals surface area contributed by atoms with E-state index in [9.17, 15) is 4.79 Å². The summed E-state index contributed by atoms with van der Waals surface area (Å²) in [5.41, 5.74) is 6.34. The Labute approximate surface area is 108 Å². The van der Waals surface area contributed by atoms with Gasteiger partial charge in [-0.2, -0.15) is 0 Å². The molecular formula is C12H19ClN2O2. The van der Waals surface area contributed by atoms with Gasteiger partial charge in [-0.05, 0) is 32.8 Å². The second-order valence-electron chi connectivity index (χ2n) is 4.36. The van der Waals surface area contributed by atoms with E-state index in [0.29, 0.717) is 17.9 Å². The molecule has 1 aromatic rings. The van der Waals surface area contributed by atoms with Gasteiger partial charge in [0, 0.05) is 19.1 Å². The van der Waals surface area contributed by atoms with Crippen molar-refractivity contribution in [2.45, 2.75) is 32.7 Å². The number of rotatable bonds is 2. The Kier molecular flexibility index (Phi) is 4.60. The van der Waals surface area contributed by atoms with Gasteiger partial charge in [0.1, 0.15) is 11.5 Å². The zero-order chi connectivity index (χ0) is 11.7. The first-order valence-corrected chi connectivity index (χ1v) is 5.71. The maximum Gasteiger partial charge on any atom is 0.257 e. The van der Waals surface area contributed by atoms with E-state index in [0.717, 1.165) is 25.1 Å². The summed E-state index contributed by atoms with van der Waals surface area (Å²) in [5, 5.41) is 0. The van der Waals surface area contributed by atoms with E-state index in [2.05, 4.69) is 0 Å². The zero-order valence-corrected chi connectivity index (χ0v) is 11.0. The highest BCUT2D eigenvalue weighted by Crippen LogP contribution is 2.22. The smallest absolute Gasteiger partial charge is 0.257 e. The molecule has 1 saturated heterocycles. The zero-order valence-electron chi connectivity index (χ0n) is 10.2. The second-order valence-corrected chi connectivity index (χ2v) is 4.36. The van der Waals surface area contributed by atoms with Gasteiger partial charge in [0.05, 0.1) is 5.56 Å². The molecule has 17 heavy (non-hydrogen) atoms. The molecular weight excluding hydrogens is 240 g/mol. The summed E-state index contributed by atoms with van der Waals surface area (Å²) in [5.74, 6) is 1.54. The lowest BCUT2D eigenvalue weighted by Crippen LogP contribution is -2.40. The highest BCUT2D eigenvalue weighted by atomic mass is 35.5. The molecule has 5 heteroatoms. The molecule has 1 aliphatic rings. The molecule has 1 fully saturated rings. The molecule has 0 radical (unpaired) electrons. The van der Waals surface area contributed by atoms with Gasteiger partial charge in [-0.3, -0.25) is 4.79 Å². The van der Waals surface area contributed by atoms with Crippen molar-refractivity contribution in [3.05, 3.63) is 23.2 Å². The van der Waals surface area contributed by atoms with Crippen LogP contribution in [0.4, 0.5) is 0 Å². The summed E-state index contributed by atoms with van der Waals surface area (Å²) < 4.78 is 5.39. The number of carbonyl (C=O) groups is 1. The molecule has 1 amide bonds. The molecule has 1 aromatic heterocycles. The summed E-state index contributed by atoms with van der Waals surface area (Å²) in [6, 6.07) is 2.01. The topological polar surface area (TPSA) is 59.5 Å². The molecule has 0 aliphatic carbocycles. The van der Waals surface area contributed by atoms with Gasteiger partial charge in [0.2, 0.25) is 0 Å². The Morgan fingerprint density at radius 2 is 2.29 bits per heavy atom. The Bertz CT molecular complexity index is 403. The fourth-order valence-corrected chi connectivity index (χ4v) is 2.35. The van der Waals surface area contributed by atoms with Crippen LogP contribution in [-0.4, -0.2) is 29.9 Å². The molecule has 1 atom stereocenters. The van der Waals surface area contributed by atoms with E-state index in [1.54, 1.807) is 0 Å². The van der Waals surface area contributed by atoms with Gasteiger partial charge in [-0.25, -0.2) is 0 Å². The summed E-state index contributed by atoms with van der Waals surface area (Å²) in [4.78, 5) is 14.1. The number of nitrogens with zero attached hydrogens (tertiary/aromatic N) is 1. The summed E-state index contributed by atoms with van der Waals surface area (Å²) in [7, 11) is 0. The molecule has 4 nitrogen and oxygen atoms in total. The van der Waals surface area contributed by atoms with Gasteiger partial charge in [0.25, 0.3) is 5.91 Å². The third kappa shape index (κ3) is 2.64. The van der Waals surface area contributed by atoms with Crippen LogP contribution in [0.25, 0.3) is 0 Å². The maximum atomic E-state index is 12.3. The Morgan fingerprint density at radius 3 is 2.82 bits per heavy atom. The second kappa shape index (κ2) is 5.56. The van der Waals surface area contributed by atoms with Crippen molar-refractivity contribution in [3.8, 4) is 0 Å². The highest BCUT2D eigenvalue weighted by molar-refractivity contribution is 5.95. The van der Waals surface area contributed by atoms with Crippen LogP contribution in [0.2, 0.25) is 0 Å². The van der Waals surface area contributed by atoms with Crippen LogP contribution in [0.15, 0.2) is 10.5 Å². The van der Waals surface area contributed by atoms with E-state index in [1.165, 1.54) is 0 Å². The molecule has 2 heterocycles. The largest absolute Gasteiger partial charge is 0.466 e. The first kappa shape index (κ1) is 14.1. The first-order chi connectivity index (χ1) is 7.63. The van der Waals surface area contributed by atoms with E-state index < -0.39 is 0 Å². The van der Waals surface area contributed by atoms with Crippen LogP contribution >= 0.6 is 12.4 Å². The minimum Gasteiger partial charge on any atom is -0.466 e. The van der Waals surface area contributed by atoms with Gasteiger partial charge < -0.3 is 15.1 Å². The standard InChI is InChI=1S/C12H18N2O2.ClH/c1-8-6-11(9(2)16-8)12(15)14-5-3-4-10(14)7-13;/h6,10H,3-5,7,13H2,1-2H3;1H. The van der Waals surface area contributed by atoms with Crippen LogP contribution in [0.3, 0.4) is 0 Å². The van der Waals surface area contributed by atoms with Crippen molar-refractivity contribution >= 4 is 18.3 Å². The van der Waals surface area contributed by atoms with Gasteiger partial charge >= 0.3 is 0 Å². The third-order valence-corrected chi connectivity index (χ3v) is 3.18. The minimum absolute atomic E-state index is 0. The van der Waals surface area contributed by atoms with Gasteiger partial charge in [0.15, 0.2) is 0 Å². The molecule has 1 unspecified atom stereocenters. The average Bonchev–Trinajstić information content (AvgIpc) is 2.83. The molecule has 0 spiro atoms. The van der Waals surface area contributed by atoms with E-state index in [-0.39, 0.29) is 24.4 Å². The lowest BCUT2D eigenvalue weighted by Gasteiger charge is -2.23. The van der Waals surface area contributed by atoms with Crippen LogP contribution in [0, 0.1) is 13.8 Å². The predicted octanol–water partition coefficient (Wildman–Crippen LogP) is 1.88. The SMILES string of the molecule is Cc1cc(C(=O)N2CCCC2CN)c(C)o1.Cl. The summed E-state index contributed by atoms with van der Waals surface area (Å²) in [6.07, 6.45) is 2.06. The van der Waals surface area contributed by atoms with Crippen molar-refractivity contribution in [1.29, 1.82) is 0 Å². The molecule has 1 aliphatic heterocycles. The number of furan rings is 1. The predicted molar refractivity (Wildman–Crippen MR) is 68.5 cm³/mol. The van der Waals surface area contributed by atoms with Crippen molar-refractivity contribution < 1.29 is 9.21 Å². The van der Waals surface area contributed by atoms with Crippen molar-refractivity contribution in [3.63, 3.8) is 0 Å². The van der Waals surface area contributed by atoms with Crippen LogP contribution < -0.4 is 5.73 Å². The number of amides is 1. The van der Waals surface area contributed by atoms with Crippen molar-refractivity contribution in [1.82, 2.24) is 4.90 Å². The van der Waals surface area contributed by atoms with Crippen molar-refractivity contribution in [2.75, 3.05) is 13.1 Å². The summed E-state index contributed by atoms with van der Waals surface area (Å²) in [6.45, 7) is 5.04. The van der Waals surface area contributed by atoms with Crippen LogP contribution in [0.1, 0.15) is 34.7 Å². The van der Waals surface area contributed by atoms with Crippen LogP contribution in [0.5, 0.6) is 0 Å². The number of halogens is 1. The van der Waals surface area contributed by atoms with Gasteiger partial charge in [-0.15, -0.1) is 12.4 Å². The fraction of sp³-hybridized carbons (Fsp3) is 0.583. The molecule has 2 N–H and O–H groups in total. The molecule has 0 saturated carbocycles. The Morgan fingerprint density at radius 1 is 1.59 bits per heavy atom. The quantitative estimate of drug-likeness (QED) is 0.881.